The quantitative estimate of drug-likeness (QED) is 0.679. The van der Waals surface area contributed by atoms with Gasteiger partial charge in [-0.2, -0.15) is 0 Å². The van der Waals surface area contributed by atoms with Crippen LogP contribution in [0.15, 0.2) is 48.5 Å². The van der Waals surface area contributed by atoms with Crippen LogP contribution in [0.2, 0.25) is 0 Å². The molecule has 2 aromatic rings. The Kier molecular flexibility index (Phi) is 3.86. The van der Waals surface area contributed by atoms with E-state index in [0.717, 1.165) is 6.42 Å². The van der Waals surface area contributed by atoms with Crippen LogP contribution in [0.4, 0.5) is 0 Å². The highest BCUT2D eigenvalue weighted by Crippen LogP contribution is 2.26. The van der Waals surface area contributed by atoms with Gasteiger partial charge in [-0.15, -0.1) is 11.6 Å². The summed E-state index contributed by atoms with van der Waals surface area (Å²) in [7, 11) is 0. The third-order valence-electron chi connectivity index (χ3n) is 3.06. The summed E-state index contributed by atoms with van der Waals surface area (Å²) in [4.78, 5) is 0. The van der Waals surface area contributed by atoms with Gasteiger partial charge in [-0.1, -0.05) is 54.1 Å². The molecule has 1 heteroatoms. The second-order valence-electron chi connectivity index (χ2n) is 4.51. The zero-order chi connectivity index (χ0) is 12.3. The summed E-state index contributed by atoms with van der Waals surface area (Å²) in [5.74, 6) is 0. The van der Waals surface area contributed by atoms with Crippen LogP contribution in [-0.2, 0) is 6.42 Å². The fourth-order valence-corrected chi connectivity index (χ4v) is 2.32. The smallest absolute Gasteiger partial charge is 0.0625 e. The maximum atomic E-state index is 6.48. The lowest BCUT2D eigenvalue weighted by Crippen LogP contribution is -1.98. The Balaban J connectivity index is 2.17. The molecule has 0 heterocycles. The van der Waals surface area contributed by atoms with E-state index >= 15 is 0 Å². The molecule has 0 saturated heterocycles. The zero-order valence-electron chi connectivity index (χ0n) is 10.3. The lowest BCUT2D eigenvalue weighted by molar-refractivity contribution is 0.909. The number of benzene rings is 2. The monoisotopic (exact) mass is 244 g/mol. The second kappa shape index (κ2) is 5.37. The van der Waals surface area contributed by atoms with E-state index in [1.54, 1.807) is 0 Å². The van der Waals surface area contributed by atoms with Crippen molar-refractivity contribution in [3.05, 3.63) is 70.8 Å². The molecule has 0 saturated carbocycles. The minimum Gasteiger partial charge on any atom is -0.117 e. The van der Waals surface area contributed by atoms with E-state index in [2.05, 4.69) is 62.4 Å². The van der Waals surface area contributed by atoms with Gasteiger partial charge in [-0.3, -0.25) is 0 Å². The molecule has 0 amide bonds. The average molecular weight is 245 g/mol. The topological polar surface area (TPSA) is 0 Å². The summed E-state index contributed by atoms with van der Waals surface area (Å²) in [5, 5.41) is 0.0519. The van der Waals surface area contributed by atoms with Gasteiger partial charge in [-0.25, -0.2) is 0 Å². The Morgan fingerprint density at radius 1 is 1.00 bits per heavy atom. The molecule has 1 atom stereocenters. The van der Waals surface area contributed by atoms with Crippen molar-refractivity contribution in [3.8, 4) is 0 Å². The largest absolute Gasteiger partial charge is 0.117 e. The second-order valence-corrected chi connectivity index (χ2v) is 5.04. The van der Waals surface area contributed by atoms with Crippen LogP contribution in [0.1, 0.15) is 27.6 Å². The number of alkyl halides is 1. The fourth-order valence-electron chi connectivity index (χ4n) is 2.01. The Morgan fingerprint density at radius 2 is 1.76 bits per heavy atom. The van der Waals surface area contributed by atoms with Crippen molar-refractivity contribution in [2.24, 2.45) is 0 Å². The number of aryl methyl sites for hydroxylation is 2. The molecule has 17 heavy (non-hydrogen) atoms. The summed E-state index contributed by atoms with van der Waals surface area (Å²) >= 11 is 6.48. The Morgan fingerprint density at radius 3 is 2.47 bits per heavy atom. The van der Waals surface area contributed by atoms with E-state index in [1.165, 1.54) is 22.3 Å². The molecule has 0 nitrogen and oxygen atoms in total. The van der Waals surface area contributed by atoms with Crippen molar-refractivity contribution >= 4 is 11.6 Å². The van der Waals surface area contributed by atoms with Gasteiger partial charge in [0.05, 0.1) is 5.38 Å². The van der Waals surface area contributed by atoms with Crippen LogP contribution >= 0.6 is 11.6 Å². The Labute approximate surface area is 108 Å². The number of halogens is 1. The lowest BCUT2D eigenvalue weighted by atomic mass is 9.99. The first-order valence-electron chi connectivity index (χ1n) is 5.92. The fraction of sp³-hybridized carbons (Fsp3) is 0.250. The summed E-state index contributed by atoms with van der Waals surface area (Å²) in [5.41, 5.74) is 5.10. The van der Waals surface area contributed by atoms with E-state index in [1.807, 2.05) is 0 Å². The molecule has 2 aromatic carbocycles. The van der Waals surface area contributed by atoms with E-state index in [4.69, 9.17) is 11.6 Å². The number of hydrogen-bond donors (Lipinski definition) is 0. The zero-order valence-corrected chi connectivity index (χ0v) is 11.0. The third kappa shape index (κ3) is 3.10. The first-order chi connectivity index (χ1) is 8.16. The van der Waals surface area contributed by atoms with Gasteiger partial charge in [0.15, 0.2) is 0 Å². The van der Waals surface area contributed by atoms with Crippen LogP contribution in [0.5, 0.6) is 0 Å². The number of rotatable bonds is 3. The molecule has 0 aliphatic heterocycles. The molecular weight excluding hydrogens is 228 g/mol. The summed E-state index contributed by atoms with van der Waals surface area (Å²) in [6.45, 7) is 4.23. The summed E-state index contributed by atoms with van der Waals surface area (Å²) < 4.78 is 0. The first kappa shape index (κ1) is 12.2. The van der Waals surface area contributed by atoms with Gasteiger partial charge < -0.3 is 0 Å². The Hall–Kier alpha value is -1.27. The lowest BCUT2D eigenvalue weighted by Gasteiger charge is -2.12. The standard InChI is InChI=1S/C16H17Cl/c1-12-6-5-9-15(10-12)16(17)11-14-8-4-3-7-13(14)2/h3-10,16H,11H2,1-2H3. The average Bonchev–Trinajstić information content (AvgIpc) is 2.32. The Bertz CT molecular complexity index is 502. The predicted octanol–water partition coefficient (Wildman–Crippen LogP) is 4.83. The molecular formula is C16H17Cl. The van der Waals surface area contributed by atoms with Crippen molar-refractivity contribution in [2.75, 3.05) is 0 Å². The van der Waals surface area contributed by atoms with Crippen LogP contribution in [-0.4, -0.2) is 0 Å². The molecule has 0 bridgehead atoms. The molecule has 0 aromatic heterocycles. The van der Waals surface area contributed by atoms with Gasteiger partial charge in [0.25, 0.3) is 0 Å². The SMILES string of the molecule is Cc1cccc(C(Cl)Cc2ccccc2C)c1. The molecule has 1 unspecified atom stereocenters. The molecule has 0 aliphatic carbocycles. The van der Waals surface area contributed by atoms with Gasteiger partial charge in [0.2, 0.25) is 0 Å². The van der Waals surface area contributed by atoms with Crippen molar-refractivity contribution in [1.82, 2.24) is 0 Å². The van der Waals surface area contributed by atoms with E-state index in [0.29, 0.717) is 0 Å². The van der Waals surface area contributed by atoms with Crippen LogP contribution in [0.3, 0.4) is 0 Å². The summed E-state index contributed by atoms with van der Waals surface area (Å²) in [6.07, 6.45) is 0.887. The highest BCUT2D eigenvalue weighted by atomic mass is 35.5. The van der Waals surface area contributed by atoms with Gasteiger partial charge in [-0.05, 0) is 37.0 Å². The highest BCUT2D eigenvalue weighted by Gasteiger charge is 2.10. The third-order valence-corrected chi connectivity index (χ3v) is 3.47. The highest BCUT2D eigenvalue weighted by molar-refractivity contribution is 6.20. The number of hydrogen-bond acceptors (Lipinski definition) is 0. The van der Waals surface area contributed by atoms with Crippen LogP contribution in [0.25, 0.3) is 0 Å². The molecule has 2 rings (SSSR count). The first-order valence-corrected chi connectivity index (χ1v) is 6.35. The molecule has 0 radical (unpaired) electrons. The van der Waals surface area contributed by atoms with Crippen molar-refractivity contribution in [3.63, 3.8) is 0 Å². The predicted molar refractivity (Wildman–Crippen MR) is 74.7 cm³/mol. The van der Waals surface area contributed by atoms with Crippen LogP contribution in [0, 0.1) is 13.8 Å². The molecule has 88 valence electrons. The molecule has 0 N–H and O–H groups in total. The van der Waals surface area contributed by atoms with Crippen molar-refractivity contribution < 1.29 is 0 Å². The minimum absolute atomic E-state index is 0.0519. The van der Waals surface area contributed by atoms with E-state index in [9.17, 15) is 0 Å². The normalized spacial score (nSPS) is 12.4. The van der Waals surface area contributed by atoms with Gasteiger partial charge in [0, 0.05) is 0 Å². The minimum atomic E-state index is 0.0519. The van der Waals surface area contributed by atoms with E-state index < -0.39 is 0 Å². The maximum absolute atomic E-state index is 6.48. The molecule has 0 spiro atoms. The van der Waals surface area contributed by atoms with Crippen molar-refractivity contribution in [2.45, 2.75) is 25.6 Å². The van der Waals surface area contributed by atoms with Gasteiger partial charge in [0.1, 0.15) is 0 Å². The van der Waals surface area contributed by atoms with Gasteiger partial charge >= 0.3 is 0 Å². The van der Waals surface area contributed by atoms with Crippen molar-refractivity contribution in [1.29, 1.82) is 0 Å². The summed E-state index contributed by atoms with van der Waals surface area (Å²) in [6, 6.07) is 16.9. The molecule has 0 aliphatic rings. The molecule has 0 fully saturated rings. The van der Waals surface area contributed by atoms with E-state index in [-0.39, 0.29) is 5.38 Å². The van der Waals surface area contributed by atoms with Crippen LogP contribution < -0.4 is 0 Å². The maximum Gasteiger partial charge on any atom is 0.0625 e.